The number of fused-ring (bicyclic) bond motifs is 1. The van der Waals surface area contributed by atoms with Gasteiger partial charge < -0.3 is 20.6 Å². The van der Waals surface area contributed by atoms with Crippen molar-refractivity contribution in [1.82, 2.24) is 20.5 Å². The average molecular weight is 545 g/mol. The zero-order chi connectivity index (χ0) is 25.3. The molecule has 0 aliphatic carbocycles. The van der Waals surface area contributed by atoms with E-state index in [1.165, 1.54) is 16.2 Å². The topological polar surface area (TPSA) is 112 Å². The molecule has 1 aliphatic rings. The van der Waals surface area contributed by atoms with Crippen LogP contribution < -0.4 is 10.6 Å². The van der Waals surface area contributed by atoms with Gasteiger partial charge >= 0.3 is 6.09 Å². The van der Waals surface area contributed by atoms with Crippen LogP contribution in [0.5, 0.6) is 0 Å². The van der Waals surface area contributed by atoms with Crippen molar-refractivity contribution in [1.29, 1.82) is 0 Å². The maximum atomic E-state index is 13.4. The van der Waals surface area contributed by atoms with Crippen LogP contribution in [0.15, 0.2) is 54.6 Å². The Morgan fingerprint density at radius 2 is 1.86 bits per heavy atom. The molecule has 2 amide bonds. The number of rotatable bonds is 11. The minimum absolute atomic E-state index is 0. The molecule has 1 saturated heterocycles. The lowest BCUT2D eigenvalue weighted by Gasteiger charge is -2.25. The van der Waals surface area contributed by atoms with E-state index in [4.69, 9.17) is 0 Å². The maximum Gasteiger partial charge on any atom is 0.407 e. The van der Waals surface area contributed by atoms with Gasteiger partial charge in [-0.2, -0.15) is 0 Å². The van der Waals surface area contributed by atoms with E-state index in [-0.39, 0.29) is 30.0 Å². The number of thiazole rings is 1. The fraction of sp³-hybridized carbons (Fsp3) is 0.407. The molecule has 3 N–H and O–H groups in total. The normalized spacial score (nSPS) is 15.9. The summed E-state index contributed by atoms with van der Waals surface area (Å²) in [5, 5.41) is 16.2. The molecule has 1 aromatic heterocycles. The SMILES string of the molecule is Cl.O=C(N[C@@H](CCCCN(Cc1ccccc1)C(=O)O)C(=O)c1nc2ccccc2s1)[C@H]1CCCNC1. The van der Waals surface area contributed by atoms with Crippen LogP contribution in [0.2, 0.25) is 0 Å². The van der Waals surface area contributed by atoms with Crippen molar-refractivity contribution in [3.05, 3.63) is 65.2 Å². The molecular weight excluding hydrogens is 512 g/mol. The van der Waals surface area contributed by atoms with Crippen molar-refractivity contribution in [2.24, 2.45) is 5.92 Å². The number of halogens is 1. The number of para-hydroxylation sites is 1. The molecule has 0 spiro atoms. The largest absolute Gasteiger partial charge is 0.465 e. The van der Waals surface area contributed by atoms with Crippen molar-refractivity contribution in [3.63, 3.8) is 0 Å². The van der Waals surface area contributed by atoms with Crippen molar-refractivity contribution in [3.8, 4) is 0 Å². The van der Waals surface area contributed by atoms with Gasteiger partial charge in [0.05, 0.1) is 22.2 Å². The number of hydrogen-bond donors (Lipinski definition) is 3. The summed E-state index contributed by atoms with van der Waals surface area (Å²) in [4.78, 5) is 44.0. The molecular formula is C27H33ClN4O4S. The van der Waals surface area contributed by atoms with Gasteiger partial charge in [-0.05, 0) is 56.3 Å². The Bertz CT molecular complexity index is 1150. The smallest absolute Gasteiger partial charge is 0.407 e. The summed E-state index contributed by atoms with van der Waals surface area (Å²) >= 11 is 1.34. The molecule has 2 aromatic carbocycles. The van der Waals surface area contributed by atoms with E-state index in [1.807, 2.05) is 54.6 Å². The number of carbonyl (C=O) groups is 3. The molecule has 37 heavy (non-hydrogen) atoms. The number of aromatic nitrogens is 1. The van der Waals surface area contributed by atoms with Crippen LogP contribution in [-0.4, -0.2) is 58.5 Å². The Labute approximate surface area is 226 Å². The molecule has 8 nitrogen and oxygen atoms in total. The number of benzene rings is 2. The number of piperidine rings is 1. The molecule has 0 unspecified atom stereocenters. The second kappa shape index (κ2) is 14.1. The fourth-order valence-corrected chi connectivity index (χ4v) is 5.42. The molecule has 4 rings (SSSR count). The molecule has 0 saturated carbocycles. The average Bonchev–Trinajstić information content (AvgIpc) is 3.34. The number of carbonyl (C=O) groups excluding carboxylic acids is 2. The van der Waals surface area contributed by atoms with E-state index in [0.29, 0.717) is 43.9 Å². The first-order valence-corrected chi connectivity index (χ1v) is 13.3. The predicted octanol–water partition coefficient (Wildman–Crippen LogP) is 4.74. The molecule has 1 aliphatic heterocycles. The van der Waals surface area contributed by atoms with Crippen LogP contribution in [-0.2, 0) is 11.3 Å². The van der Waals surface area contributed by atoms with Gasteiger partial charge in [-0.1, -0.05) is 42.5 Å². The molecule has 2 heterocycles. The number of unbranched alkanes of at least 4 members (excludes halogenated alkanes) is 1. The van der Waals surface area contributed by atoms with Gasteiger partial charge in [0.15, 0.2) is 5.01 Å². The first kappa shape index (κ1) is 28.6. The molecule has 0 bridgehead atoms. The van der Waals surface area contributed by atoms with Crippen molar-refractivity contribution in [2.75, 3.05) is 19.6 Å². The van der Waals surface area contributed by atoms with Gasteiger partial charge in [0, 0.05) is 19.6 Å². The van der Waals surface area contributed by atoms with Crippen LogP contribution in [0.4, 0.5) is 4.79 Å². The predicted molar refractivity (Wildman–Crippen MR) is 147 cm³/mol. The Morgan fingerprint density at radius 3 is 2.57 bits per heavy atom. The summed E-state index contributed by atoms with van der Waals surface area (Å²) in [6.45, 7) is 2.18. The molecule has 3 aromatic rings. The summed E-state index contributed by atoms with van der Waals surface area (Å²) in [5.41, 5.74) is 1.70. The standard InChI is InChI=1S/C27H32N4O4S.ClH/c32-24(26-30-21-12-4-5-14-23(21)36-26)22(29-25(33)20-11-8-15-28-17-20)13-6-7-16-31(27(34)35)18-19-9-2-1-3-10-19;/h1-5,9-10,12,14,20,22,28H,6-8,11,13,15-18H2,(H,29,33)(H,34,35);1H/t20-,22-;/m0./s1. The number of amides is 2. The van der Waals surface area contributed by atoms with Gasteiger partial charge in [0.25, 0.3) is 0 Å². The number of carboxylic acid groups (broad SMARTS) is 1. The highest BCUT2D eigenvalue weighted by atomic mass is 35.5. The fourth-order valence-electron chi connectivity index (χ4n) is 4.46. The number of nitrogens with one attached hydrogen (secondary N) is 2. The summed E-state index contributed by atoms with van der Waals surface area (Å²) in [7, 11) is 0. The van der Waals surface area contributed by atoms with Crippen LogP contribution in [0.1, 0.15) is 47.5 Å². The van der Waals surface area contributed by atoms with E-state index in [2.05, 4.69) is 15.6 Å². The Kier molecular flexibility index (Phi) is 10.9. The summed E-state index contributed by atoms with van der Waals surface area (Å²) in [5.74, 6) is -0.455. The van der Waals surface area contributed by atoms with E-state index in [1.54, 1.807) is 0 Å². The molecule has 1 fully saturated rings. The second-order valence-corrected chi connectivity index (χ2v) is 10.2. The summed E-state index contributed by atoms with van der Waals surface area (Å²) in [6, 6.07) is 16.4. The monoisotopic (exact) mass is 544 g/mol. The minimum atomic E-state index is -0.973. The van der Waals surface area contributed by atoms with E-state index < -0.39 is 12.1 Å². The first-order chi connectivity index (χ1) is 17.5. The minimum Gasteiger partial charge on any atom is -0.465 e. The maximum absolute atomic E-state index is 13.4. The third kappa shape index (κ3) is 7.99. The number of hydrogen-bond acceptors (Lipinski definition) is 6. The van der Waals surface area contributed by atoms with Crippen molar-refractivity contribution < 1.29 is 19.5 Å². The van der Waals surface area contributed by atoms with Gasteiger partial charge in [0.2, 0.25) is 11.7 Å². The summed E-state index contributed by atoms with van der Waals surface area (Å²) < 4.78 is 0.931. The van der Waals surface area contributed by atoms with Crippen LogP contribution in [0, 0.1) is 5.92 Å². The second-order valence-electron chi connectivity index (χ2n) is 9.14. The van der Waals surface area contributed by atoms with Gasteiger partial charge in [-0.15, -0.1) is 23.7 Å². The highest BCUT2D eigenvalue weighted by Gasteiger charge is 2.28. The van der Waals surface area contributed by atoms with Crippen molar-refractivity contribution >= 4 is 51.7 Å². The van der Waals surface area contributed by atoms with Crippen LogP contribution in [0.3, 0.4) is 0 Å². The third-order valence-electron chi connectivity index (χ3n) is 6.46. The highest BCUT2D eigenvalue weighted by molar-refractivity contribution is 7.20. The van der Waals surface area contributed by atoms with E-state index >= 15 is 0 Å². The Hall–Kier alpha value is -3.01. The zero-order valence-corrected chi connectivity index (χ0v) is 22.2. The molecule has 2 atom stereocenters. The quantitative estimate of drug-likeness (QED) is 0.237. The van der Waals surface area contributed by atoms with Crippen molar-refractivity contribution in [2.45, 2.75) is 44.7 Å². The molecule has 0 radical (unpaired) electrons. The molecule has 10 heteroatoms. The summed E-state index contributed by atoms with van der Waals surface area (Å²) in [6.07, 6.45) is 2.38. The molecule has 198 valence electrons. The first-order valence-electron chi connectivity index (χ1n) is 12.4. The van der Waals surface area contributed by atoms with Gasteiger partial charge in [-0.25, -0.2) is 9.78 Å². The number of nitrogens with zero attached hydrogens (tertiary/aromatic N) is 2. The third-order valence-corrected chi connectivity index (χ3v) is 7.51. The Morgan fingerprint density at radius 1 is 1.11 bits per heavy atom. The van der Waals surface area contributed by atoms with Gasteiger partial charge in [-0.3, -0.25) is 9.59 Å². The lowest BCUT2D eigenvalue weighted by molar-refractivity contribution is -0.126. The zero-order valence-electron chi connectivity index (χ0n) is 20.6. The van der Waals surface area contributed by atoms with E-state index in [0.717, 1.165) is 35.2 Å². The van der Waals surface area contributed by atoms with Crippen LogP contribution >= 0.6 is 23.7 Å². The van der Waals surface area contributed by atoms with Crippen LogP contribution in [0.25, 0.3) is 10.2 Å². The Balaban J connectivity index is 0.00000380. The number of ketones is 1. The lowest BCUT2D eigenvalue weighted by Crippen LogP contribution is -2.47. The van der Waals surface area contributed by atoms with Gasteiger partial charge in [0.1, 0.15) is 0 Å². The van der Waals surface area contributed by atoms with E-state index in [9.17, 15) is 19.5 Å². The number of Topliss-reactive ketones (excluding diaryl/α,β-unsaturated/α-hetero) is 1. The lowest BCUT2D eigenvalue weighted by atomic mass is 9.97. The highest BCUT2D eigenvalue weighted by Crippen LogP contribution is 2.24.